The van der Waals surface area contributed by atoms with Gasteiger partial charge in [-0.15, -0.1) is 0 Å². The molecule has 0 saturated carbocycles. The summed E-state index contributed by atoms with van der Waals surface area (Å²) in [5.41, 5.74) is 10.4. The molecule has 0 amide bonds. The van der Waals surface area contributed by atoms with Crippen LogP contribution in [0.2, 0.25) is 0 Å². The van der Waals surface area contributed by atoms with E-state index >= 15 is 0 Å². The average Bonchev–Trinajstić information content (AvgIpc) is 3.64. The van der Waals surface area contributed by atoms with Gasteiger partial charge in [0.1, 0.15) is 22.3 Å². The Bertz CT molecular complexity index is 2420. The van der Waals surface area contributed by atoms with Gasteiger partial charge in [-0.2, -0.15) is 0 Å². The minimum Gasteiger partial charge on any atom is -0.456 e. The standard InChI is InChI=1S/C40H24N2O2/c1-4-10-25(11-5-1)28-16-18-36-30(20-28)32-22-39-33(23-38(32)43-36)31-21-29(17-19-37(31)44-39)40-41-34(26-12-6-2-7-13-26)24-35(42-40)27-14-8-3-9-15-27/h1-24H. The molecule has 206 valence electrons. The molecule has 0 saturated heterocycles. The fourth-order valence-corrected chi connectivity index (χ4v) is 6.08. The van der Waals surface area contributed by atoms with E-state index in [1.165, 1.54) is 5.56 Å². The van der Waals surface area contributed by atoms with E-state index in [2.05, 4.69) is 91.0 Å². The van der Waals surface area contributed by atoms with Crippen LogP contribution in [-0.2, 0) is 0 Å². The van der Waals surface area contributed by atoms with Crippen LogP contribution in [0.4, 0.5) is 0 Å². The number of furan rings is 2. The van der Waals surface area contributed by atoms with Crippen molar-refractivity contribution in [1.82, 2.24) is 9.97 Å². The summed E-state index contributed by atoms with van der Waals surface area (Å²) in [6.45, 7) is 0. The molecule has 0 bridgehead atoms. The molecule has 4 heteroatoms. The first-order valence-electron chi connectivity index (χ1n) is 14.7. The zero-order chi connectivity index (χ0) is 29.0. The minimum absolute atomic E-state index is 0.666. The first-order chi connectivity index (χ1) is 21.8. The number of fused-ring (bicyclic) bond motifs is 6. The molecule has 0 N–H and O–H groups in total. The highest BCUT2D eigenvalue weighted by Gasteiger charge is 2.16. The van der Waals surface area contributed by atoms with E-state index in [1.54, 1.807) is 0 Å². The topological polar surface area (TPSA) is 52.1 Å². The quantitative estimate of drug-likeness (QED) is 0.213. The zero-order valence-corrected chi connectivity index (χ0v) is 23.6. The van der Waals surface area contributed by atoms with Gasteiger partial charge >= 0.3 is 0 Å². The summed E-state index contributed by atoms with van der Waals surface area (Å²) < 4.78 is 12.7. The van der Waals surface area contributed by atoms with Crippen LogP contribution in [0.5, 0.6) is 0 Å². The lowest BCUT2D eigenvalue weighted by Gasteiger charge is -2.09. The number of hydrogen-bond acceptors (Lipinski definition) is 4. The van der Waals surface area contributed by atoms with E-state index in [-0.39, 0.29) is 0 Å². The number of nitrogens with zero attached hydrogens (tertiary/aromatic N) is 2. The van der Waals surface area contributed by atoms with Crippen molar-refractivity contribution in [2.45, 2.75) is 0 Å². The van der Waals surface area contributed by atoms with Gasteiger partial charge < -0.3 is 8.83 Å². The maximum absolute atomic E-state index is 6.39. The molecule has 44 heavy (non-hydrogen) atoms. The van der Waals surface area contributed by atoms with Crippen LogP contribution < -0.4 is 0 Å². The Kier molecular flexibility index (Phi) is 5.47. The van der Waals surface area contributed by atoms with Crippen LogP contribution in [0.1, 0.15) is 0 Å². The Morgan fingerprint density at radius 2 is 0.750 bits per heavy atom. The van der Waals surface area contributed by atoms with Gasteiger partial charge in [-0.25, -0.2) is 9.97 Å². The number of hydrogen-bond donors (Lipinski definition) is 0. The van der Waals surface area contributed by atoms with Crippen molar-refractivity contribution in [2.24, 2.45) is 0 Å². The van der Waals surface area contributed by atoms with E-state index < -0.39 is 0 Å². The zero-order valence-electron chi connectivity index (χ0n) is 23.6. The maximum atomic E-state index is 6.39. The summed E-state index contributed by atoms with van der Waals surface area (Å²) in [5, 5.41) is 4.11. The maximum Gasteiger partial charge on any atom is 0.160 e. The van der Waals surface area contributed by atoms with E-state index in [1.807, 2.05) is 54.6 Å². The molecule has 0 fully saturated rings. The van der Waals surface area contributed by atoms with Crippen LogP contribution in [0.3, 0.4) is 0 Å². The van der Waals surface area contributed by atoms with Crippen molar-refractivity contribution >= 4 is 43.9 Å². The summed E-state index contributed by atoms with van der Waals surface area (Å²) in [6.07, 6.45) is 0. The Labute approximate surface area is 252 Å². The van der Waals surface area contributed by atoms with E-state index in [0.29, 0.717) is 5.82 Å². The minimum atomic E-state index is 0.666. The summed E-state index contributed by atoms with van der Waals surface area (Å²) >= 11 is 0. The molecule has 0 atom stereocenters. The molecule has 0 spiro atoms. The summed E-state index contributed by atoms with van der Waals surface area (Å²) in [5.74, 6) is 0.666. The smallest absolute Gasteiger partial charge is 0.160 e. The SMILES string of the molecule is c1ccc(-c2ccc3oc4cc5c(cc4c3c2)oc2ccc(-c3nc(-c4ccccc4)cc(-c4ccccc4)n3)cc25)cc1. The summed E-state index contributed by atoms with van der Waals surface area (Å²) in [4.78, 5) is 10.0. The van der Waals surface area contributed by atoms with Crippen molar-refractivity contribution in [1.29, 1.82) is 0 Å². The molecular formula is C40H24N2O2. The Balaban J connectivity index is 1.21. The lowest BCUT2D eigenvalue weighted by molar-refractivity contribution is 0.664. The molecule has 0 aliphatic rings. The third-order valence-corrected chi connectivity index (χ3v) is 8.29. The Hall–Kier alpha value is -6.00. The Morgan fingerprint density at radius 1 is 0.318 bits per heavy atom. The van der Waals surface area contributed by atoms with E-state index in [0.717, 1.165) is 77.5 Å². The lowest BCUT2D eigenvalue weighted by atomic mass is 10.0. The van der Waals surface area contributed by atoms with Crippen molar-refractivity contribution in [3.8, 4) is 45.0 Å². The fourth-order valence-electron chi connectivity index (χ4n) is 6.08. The van der Waals surface area contributed by atoms with Gasteiger partial charge in [0, 0.05) is 38.2 Å². The lowest BCUT2D eigenvalue weighted by Crippen LogP contribution is -1.95. The van der Waals surface area contributed by atoms with Gasteiger partial charge in [0.2, 0.25) is 0 Å². The highest BCUT2D eigenvalue weighted by atomic mass is 16.3. The normalized spacial score (nSPS) is 11.6. The van der Waals surface area contributed by atoms with Gasteiger partial charge in [0.25, 0.3) is 0 Å². The predicted octanol–water partition coefficient (Wildman–Crippen LogP) is 10.9. The molecule has 9 aromatic rings. The highest BCUT2D eigenvalue weighted by Crippen LogP contribution is 2.39. The summed E-state index contributed by atoms with van der Waals surface area (Å²) in [7, 11) is 0. The van der Waals surface area contributed by atoms with Crippen LogP contribution >= 0.6 is 0 Å². The fraction of sp³-hybridized carbons (Fsp3) is 0. The Morgan fingerprint density at radius 3 is 1.27 bits per heavy atom. The van der Waals surface area contributed by atoms with Crippen molar-refractivity contribution in [2.75, 3.05) is 0 Å². The number of benzene rings is 6. The number of rotatable bonds is 4. The van der Waals surface area contributed by atoms with Crippen LogP contribution in [0.25, 0.3) is 88.9 Å². The molecule has 4 nitrogen and oxygen atoms in total. The third kappa shape index (κ3) is 4.08. The molecule has 9 rings (SSSR count). The van der Waals surface area contributed by atoms with Crippen LogP contribution in [0.15, 0.2) is 154 Å². The molecular weight excluding hydrogens is 540 g/mol. The second-order valence-electron chi connectivity index (χ2n) is 11.0. The number of aromatic nitrogens is 2. The molecule has 0 aliphatic carbocycles. The largest absolute Gasteiger partial charge is 0.456 e. The van der Waals surface area contributed by atoms with E-state index in [9.17, 15) is 0 Å². The summed E-state index contributed by atoms with van der Waals surface area (Å²) in [6, 6.07) is 49.7. The predicted molar refractivity (Wildman–Crippen MR) is 178 cm³/mol. The van der Waals surface area contributed by atoms with Crippen molar-refractivity contribution < 1.29 is 8.83 Å². The van der Waals surface area contributed by atoms with Gasteiger partial charge in [0.05, 0.1) is 11.4 Å². The second kappa shape index (κ2) is 9.79. The first-order valence-corrected chi connectivity index (χ1v) is 14.7. The van der Waals surface area contributed by atoms with Crippen LogP contribution in [-0.4, -0.2) is 9.97 Å². The van der Waals surface area contributed by atoms with Gasteiger partial charge in [-0.3, -0.25) is 0 Å². The van der Waals surface area contributed by atoms with Crippen LogP contribution in [0, 0.1) is 0 Å². The molecule has 3 aromatic heterocycles. The van der Waals surface area contributed by atoms with Gasteiger partial charge in [-0.1, -0.05) is 97.1 Å². The molecule has 0 unspecified atom stereocenters. The van der Waals surface area contributed by atoms with Gasteiger partial charge in [-0.05, 0) is 59.7 Å². The monoisotopic (exact) mass is 564 g/mol. The molecule has 0 radical (unpaired) electrons. The average molecular weight is 565 g/mol. The molecule has 0 aliphatic heterocycles. The van der Waals surface area contributed by atoms with E-state index in [4.69, 9.17) is 18.8 Å². The molecule has 6 aromatic carbocycles. The van der Waals surface area contributed by atoms with Crippen molar-refractivity contribution in [3.63, 3.8) is 0 Å². The third-order valence-electron chi connectivity index (χ3n) is 8.29. The van der Waals surface area contributed by atoms with Gasteiger partial charge in [0.15, 0.2) is 5.82 Å². The highest BCUT2D eigenvalue weighted by molar-refractivity contribution is 6.15. The van der Waals surface area contributed by atoms with Crippen molar-refractivity contribution in [3.05, 3.63) is 146 Å². The second-order valence-corrected chi connectivity index (χ2v) is 11.0. The molecule has 3 heterocycles. The first kappa shape index (κ1) is 24.6.